The van der Waals surface area contributed by atoms with Gasteiger partial charge in [0, 0.05) is 16.4 Å². The van der Waals surface area contributed by atoms with Gasteiger partial charge < -0.3 is 10.7 Å². The van der Waals surface area contributed by atoms with E-state index in [1.807, 2.05) is 6.07 Å². The Bertz CT molecular complexity index is 594. The topological polar surface area (TPSA) is 41.8 Å². The maximum absolute atomic E-state index is 12.6. The summed E-state index contributed by atoms with van der Waals surface area (Å²) in [7, 11) is 0. The van der Waals surface area contributed by atoms with Gasteiger partial charge in [0.1, 0.15) is 5.69 Å². The highest BCUT2D eigenvalue weighted by molar-refractivity contribution is 5.81. The van der Waals surface area contributed by atoms with Crippen molar-refractivity contribution in [1.29, 1.82) is 0 Å². The molecule has 1 aromatic carbocycles. The van der Waals surface area contributed by atoms with Crippen LogP contribution < -0.4 is 5.73 Å². The first-order valence-corrected chi connectivity index (χ1v) is 5.88. The summed E-state index contributed by atoms with van der Waals surface area (Å²) in [6, 6.07) is 6.39. The fraction of sp³-hybridized carbons (Fsp3) is 0.385. The van der Waals surface area contributed by atoms with Gasteiger partial charge in [0.2, 0.25) is 0 Å². The first-order valence-electron chi connectivity index (χ1n) is 5.88. The van der Waals surface area contributed by atoms with Crippen LogP contribution in [0.25, 0.3) is 10.9 Å². The molecule has 3 rings (SSSR count). The molecule has 1 fully saturated rings. The second-order valence-electron chi connectivity index (χ2n) is 4.99. The molecule has 0 saturated heterocycles. The first-order chi connectivity index (χ1) is 8.38. The monoisotopic (exact) mass is 254 g/mol. The maximum Gasteiger partial charge on any atom is 0.431 e. The van der Waals surface area contributed by atoms with Crippen LogP contribution >= 0.6 is 0 Å². The summed E-state index contributed by atoms with van der Waals surface area (Å²) in [5, 5.41) is 0.566. The molecular formula is C13H13F3N2. The Kier molecular flexibility index (Phi) is 2.26. The number of halogens is 3. The van der Waals surface area contributed by atoms with Crippen molar-refractivity contribution >= 4 is 10.9 Å². The third-order valence-corrected chi connectivity index (χ3v) is 3.75. The predicted molar refractivity (Wildman–Crippen MR) is 63.0 cm³/mol. The second kappa shape index (κ2) is 3.51. The van der Waals surface area contributed by atoms with Gasteiger partial charge in [-0.05, 0) is 43.0 Å². The highest BCUT2D eigenvalue weighted by Crippen LogP contribution is 2.40. The van der Waals surface area contributed by atoms with Gasteiger partial charge in [-0.3, -0.25) is 0 Å². The smallest absolute Gasteiger partial charge is 0.351 e. The van der Waals surface area contributed by atoms with Crippen LogP contribution in [0.1, 0.15) is 30.5 Å². The third kappa shape index (κ3) is 1.70. The van der Waals surface area contributed by atoms with Gasteiger partial charge in [-0.2, -0.15) is 13.2 Å². The number of hydrogen-bond acceptors (Lipinski definition) is 1. The van der Waals surface area contributed by atoms with Gasteiger partial charge in [-0.15, -0.1) is 0 Å². The zero-order chi connectivity index (χ0) is 13.0. The summed E-state index contributed by atoms with van der Waals surface area (Å²) >= 11 is 0. The van der Waals surface area contributed by atoms with Crippen LogP contribution in [0.3, 0.4) is 0 Å². The van der Waals surface area contributed by atoms with Gasteiger partial charge in [-0.25, -0.2) is 0 Å². The lowest BCUT2D eigenvalue weighted by Crippen LogP contribution is -2.43. The second-order valence-corrected chi connectivity index (χ2v) is 4.99. The molecule has 3 N–H and O–H groups in total. The van der Waals surface area contributed by atoms with E-state index in [9.17, 15) is 13.2 Å². The first kappa shape index (κ1) is 11.6. The van der Waals surface area contributed by atoms with Crippen LogP contribution in [-0.4, -0.2) is 4.98 Å². The van der Waals surface area contributed by atoms with Crippen molar-refractivity contribution in [1.82, 2.24) is 4.98 Å². The summed E-state index contributed by atoms with van der Waals surface area (Å²) in [6.45, 7) is 0. The van der Waals surface area contributed by atoms with E-state index >= 15 is 0 Å². The number of benzene rings is 1. The molecule has 0 bridgehead atoms. The van der Waals surface area contributed by atoms with E-state index in [0.29, 0.717) is 10.9 Å². The third-order valence-electron chi connectivity index (χ3n) is 3.75. The normalized spacial score (nSPS) is 18.9. The lowest BCUT2D eigenvalue weighted by Gasteiger charge is -2.38. The van der Waals surface area contributed by atoms with Crippen molar-refractivity contribution in [3.8, 4) is 0 Å². The summed E-state index contributed by atoms with van der Waals surface area (Å²) in [5.41, 5.74) is 6.54. The number of rotatable bonds is 1. The number of alkyl halides is 3. The number of nitrogens with two attached hydrogens (primary N) is 1. The van der Waals surface area contributed by atoms with E-state index < -0.39 is 11.9 Å². The minimum atomic E-state index is -4.34. The summed E-state index contributed by atoms with van der Waals surface area (Å²) < 4.78 is 37.7. The van der Waals surface area contributed by atoms with Gasteiger partial charge in [0.25, 0.3) is 0 Å². The number of aromatic amines is 1. The lowest BCUT2D eigenvalue weighted by molar-refractivity contribution is -0.140. The van der Waals surface area contributed by atoms with E-state index in [4.69, 9.17) is 5.73 Å². The van der Waals surface area contributed by atoms with E-state index in [0.717, 1.165) is 30.9 Å². The molecule has 96 valence electrons. The molecule has 1 aliphatic carbocycles. The van der Waals surface area contributed by atoms with E-state index in [2.05, 4.69) is 4.98 Å². The number of hydrogen-bond donors (Lipinski definition) is 2. The lowest BCUT2D eigenvalue weighted by atomic mass is 9.72. The average molecular weight is 254 g/mol. The Hall–Kier alpha value is -1.49. The molecule has 2 nitrogen and oxygen atoms in total. The molecule has 2 aromatic rings. The Morgan fingerprint density at radius 2 is 1.89 bits per heavy atom. The molecule has 0 radical (unpaired) electrons. The Morgan fingerprint density at radius 1 is 1.17 bits per heavy atom. The molecule has 1 aliphatic rings. The Labute approximate surface area is 102 Å². The van der Waals surface area contributed by atoms with Gasteiger partial charge in [0.15, 0.2) is 0 Å². The zero-order valence-corrected chi connectivity index (χ0v) is 9.64. The number of fused-ring (bicyclic) bond motifs is 1. The van der Waals surface area contributed by atoms with Crippen LogP contribution in [0.15, 0.2) is 24.3 Å². The van der Waals surface area contributed by atoms with E-state index in [1.54, 1.807) is 12.1 Å². The van der Waals surface area contributed by atoms with Crippen molar-refractivity contribution in [3.63, 3.8) is 0 Å². The van der Waals surface area contributed by atoms with E-state index in [-0.39, 0.29) is 5.54 Å². The van der Waals surface area contributed by atoms with Crippen LogP contribution in [0.5, 0.6) is 0 Å². The fourth-order valence-electron chi connectivity index (χ4n) is 2.44. The van der Waals surface area contributed by atoms with E-state index in [1.165, 1.54) is 0 Å². The van der Waals surface area contributed by atoms with Crippen LogP contribution in [0.4, 0.5) is 13.2 Å². The summed E-state index contributed by atoms with van der Waals surface area (Å²) in [4.78, 5) is 2.38. The molecule has 5 heteroatoms. The van der Waals surface area contributed by atoms with Crippen molar-refractivity contribution < 1.29 is 13.2 Å². The molecule has 0 unspecified atom stereocenters. The quantitative estimate of drug-likeness (QED) is 0.803. The summed E-state index contributed by atoms with van der Waals surface area (Å²) in [6.07, 6.45) is -1.46. The van der Waals surface area contributed by atoms with Crippen LogP contribution in [0.2, 0.25) is 0 Å². The standard InChI is InChI=1S/C13H13F3N2/c14-13(15,16)11-7-8-6-9(2-3-10(8)18-11)12(17)4-1-5-12/h2-3,6-7,18H,1,4-5,17H2. The van der Waals surface area contributed by atoms with Crippen molar-refractivity contribution in [3.05, 3.63) is 35.5 Å². The van der Waals surface area contributed by atoms with Crippen molar-refractivity contribution in [2.75, 3.05) is 0 Å². The molecule has 1 saturated carbocycles. The molecule has 1 heterocycles. The minimum Gasteiger partial charge on any atom is -0.351 e. The largest absolute Gasteiger partial charge is 0.431 e. The zero-order valence-electron chi connectivity index (χ0n) is 9.64. The Morgan fingerprint density at radius 3 is 2.44 bits per heavy atom. The minimum absolute atomic E-state index is 0.343. The Balaban J connectivity index is 2.07. The van der Waals surface area contributed by atoms with Crippen LogP contribution in [-0.2, 0) is 11.7 Å². The van der Waals surface area contributed by atoms with Gasteiger partial charge in [-0.1, -0.05) is 6.07 Å². The molecule has 18 heavy (non-hydrogen) atoms. The molecule has 0 spiro atoms. The highest BCUT2D eigenvalue weighted by Gasteiger charge is 2.35. The molecular weight excluding hydrogens is 241 g/mol. The van der Waals surface area contributed by atoms with Crippen molar-refractivity contribution in [2.24, 2.45) is 5.73 Å². The van der Waals surface area contributed by atoms with Gasteiger partial charge >= 0.3 is 6.18 Å². The van der Waals surface area contributed by atoms with Crippen molar-refractivity contribution in [2.45, 2.75) is 31.0 Å². The maximum atomic E-state index is 12.6. The number of nitrogens with one attached hydrogen (secondary N) is 1. The number of H-pyrrole nitrogens is 1. The highest BCUT2D eigenvalue weighted by atomic mass is 19.4. The van der Waals surface area contributed by atoms with Gasteiger partial charge in [0.05, 0.1) is 0 Å². The molecule has 0 amide bonds. The predicted octanol–water partition coefficient (Wildman–Crippen LogP) is 3.52. The molecule has 0 aliphatic heterocycles. The fourth-order valence-corrected chi connectivity index (χ4v) is 2.44. The molecule has 0 atom stereocenters. The number of aromatic nitrogens is 1. The average Bonchev–Trinajstić information content (AvgIpc) is 2.68. The SMILES string of the molecule is NC1(c2ccc3[nH]c(C(F)(F)F)cc3c2)CCC1. The summed E-state index contributed by atoms with van der Waals surface area (Å²) in [5.74, 6) is 0. The molecule has 1 aromatic heterocycles. The van der Waals surface area contributed by atoms with Crippen LogP contribution in [0, 0.1) is 0 Å².